The minimum Gasteiger partial charge on any atom is -0.371 e. The molecule has 2 aliphatic rings. The Kier molecular flexibility index (Phi) is 10.3. The van der Waals surface area contributed by atoms with Gasteiger partial charge in [-0.05, 0) is 56.4 Å². The van der Waals surface area contributed by atoms with E-state index in [4.69, 9.17) is 0 Å². The van der Waals surface area contributed by atoms with Crippen LogP contribution in [0.25, 0.3) is 0 Å². The molecule has 0 spiro atoms. The number of benzene rings is 1. The highest BCUT2D eigenvalue weighted by Crippen LogP contribution is 2.29. The van der Waals surface area contributed by atoms with E-state index in [1.54, 1.807) is 12.3 Å². The van der Waals surface area contributed by atoms with Crippen LogP contribution in [0.4, 0.5) is 23.1 Å². The lowest BCUT2D eigenvalue weighted by Crippen LogP contribution is -2.25. The van der Waals surface area contributed by atoms with Crippen molar-refractivity contribution in [3.05, 3.63) is 58.9 Å². The van der Waals surface area contributed by atoms with Crippen LogP contribution in [-0.4, -0.2) is 35.5 Å². The third kappa shape index (κ3) is 7.36. The number of nitrogens with zero attached hydrogens (tertiary/aromatic N) is 4. The highest BCUT2D eigenvalue weighted by atomic mass is 16.1. The van der Waals surface area contributed by atoms with Crippen molar-refractivity contribution in [2.45, 2.75) is 53.9 Å². The van der Waals surface area contributed by atoms with Crippen molar-refractivity contribution in [2.24, 2.45) is 5.92 Å². The molecule has 1 aliphatic carbocycles. The second-order valence-corrected chi connectivity index (χ2v) is 9.42. The number of likely N-dealkylation sites (N-methyl/N-ethyl adjacent to an activating group) is 1. The summed E-state index contributed by atoms with van der Waals surface area (Å²) in [5.74, 6) is 7.40. The normalized spacial score (nSPS) is 15.9. The third-order valence-corrected chi connectivity index (χ3v) is 5.94. The molecule has 1 fully saturated rings. The monoisotopic (exact) mass is 511 g/mol. The van der Waals surface area contributed by atoms with Crippen molar-refractivity contribution in [2.75, 3.05) is 35.2 Å². The summed E-state index contributed by atoms with van der Waals surface area (Å²) in [6.07, 6.45) is 8.29. The van der Waals surface area contributed by atoms with Gasteiger partial charge in [-0.15, -0.1) is 0 Å². The first kappa shape index (κ1) is 28.3. The summed E-state index contributed by atoms with van der Waals surface area (Å²) < 4.78 is 0. The molecule has 4 rings (SSSR count). The highest BCUT2D eigenvalue weighted by Gasteiger charge is 2.20. The summed E-state index contributed by atoms with van der Waals surface area (Å²) in [7, 11) is 0. The van der Waals surface area contributed by atoms with Crippen molar-refractivity contribution in [3.63, 3.8) is 0 Å². The Bertz CT molecular complexity index is 1310. The van der Waals surface area contributed by atoms with Crippen LogP contribution in [0.1, 0.15) is 58.1 Å². The minimum atomic E-state index is -0.196. The van der Waals surface area contributed by atoms with Gasteiger partial charge in [0.25, 0.3) is 5.91 Å². The van der Waals surface area contributed by atoms with Crippen molar-refractivity contribution in [3.8, 4) is 17.9 Å². The molecule has 1 atom stereocenters. The molecule has 8 nitrogen and oxygen atoms in total. The predicted octanol–water partition coefficient (Wildman–Crippen LogP) is 5.43. The maximum absolute atomic E-state index is 12.5. The lowest BCUT2D eigenvalue weighted by atomic mass is 10.1. The summed E-state index contributed by atoms with van der Waals surface area (Å²) >= 11 is 0. The lowest BCUT2D eigenvalue weighted by molar-refractivity contribution is -0.117. The van der Waals surface area contributed by atoms with Crippen LogP contribution in [-0.2, 0) is 4.79 Å². The predicted molar refractivity (Wildman–Crippen MR) is 154 cm³/mol. The number of aromatic nitrogens is 2. The number of rotatable bonds is 7. The first-order chi connectivity index (χ1) is 18.4. The molecular formula is C30H37N7O. The molecule has 0 radical (unpaired) electrons. The van der Waals surface area contributed by atoms with Gasteiger partial charge >= 0.3 is 0 Å². The van der Waals surface area contributed by atoms with E-state index in [2.05, 4.69) is 69.5 Å². The third-order valence-electron chi connectivity index (χ3n) is 5.94. The van der Waals surface area contributed by atoms with Gasteiger partial charge in [0.1, 0.15) is 17.6 Å². The summed E-state index contributed by atoms with van der Waals surface area (Å²) in [6.45, 7) is 12.8. The molecule has 2 heterocycles. The van der Waals surface area contributed by atoms with Gasteiger partial charge in [0, 0.05) is 43.5 Å². The van der Waals surface area contributed by atoms with Crippen LogP contribution in [0.3, 0.4) is 0 Å². The number of nitriles is 1. The van der Waals surface area contributed by atoms with Crippen LogP contribution >= 0.6 is 0 Å². The average molecular weight is 512 g/mol. The summed E-state index contributed by atoms with van der Waals surface area (Å²) in [5, 5.41) is 19.0. The number of carbonyl (C=O) groups excluding carboxylic acids is 1. The summed E-state index contributed by atoms with van der Waals surface area (Å²) in [5.41, 5.74) is 3.96. The Balaban J connectivity index is 0.00000127. The van der Waals surface area contributed by atoms with E-state index in [1.165, 1.54) is 6.42 Å². The largest absolute Gasteiger partial charge is 0.371 e. The maximum Gasteiger partial charge on any atom is 0.254 e. The molecule has 1 aromatic heterocycles. The molecule has 38 heavy (non-hydrogen) atoms. The molecule has 2 aromatic rings. The SMILES string of the molecule is CCC.CCNC(=O)C1=C(Nc2nc(Nc3ccc(N4CCC(C)C4)cc3C#N)ncc2C)C#CCC=C1. The summed E-state index contributed by atoms with van der Waals surface area (Å²) in [6, 6.07) is 8.10. The van der Waals surface area contributed by atoms with E-state index >= 15 is 0 Å². The van der Waals surface area contributed by atoms with Gasteiger partial charge in [0.15, 0.2) is 0 Å². The number of allylic oxidation sites excluding steroid dienone is 2. The van der Waals surface area contributed by atoms with Gasteiger partial charge in [-0.1, -0.05) is 39.2 Å². The number of aryl methyl sites for hydroxylation is 1. The van der Waals surface area contributed by atoms with Gasteiger partial charge in [0.05, 0.1) is 16.8 Å². The Labute approximate surface area is 226 Å². The second kappa shape index (κ2) is 13.9. The second-order valence-electron chi connectivity index (χ2n) is 9.42. The van der Waals surface area contributed by atoms with E-state index in [0.717, 1.165) is 30.8 Å². The number of anilines is 4. The van der Waals surface area contributed by atoms with Crippen LogP contribution < -0.4 is 20.9 Å². The zero-order valence-electron chi connectivity index (χ0n) is 23.0. The first-order valence-corrected chi connectivity index (χ1v) is 13.2. The Morgan fingerprint density at radius 1 is 1.26 bits per heavy atom. The zero-order valence-corrected chi connectivity index (χ0v) is 23.0. The van der Waals surface area contributed by atoms with E-state index in [0.29, 0.717) is 53.2 Å². The smallest absolute Gasteiger partial charge is 0.254 e. The van der Waals surface area contributed by atoms with Crippen molar-refractivity contribution in [1.29, 1.82) is 5.26 Å². The van der Waals surface area contributed by atoms with Crippen LogP contribution in [0.2, 0.25) is 0 Å². The topological polar surface area (TPSA) is 106 Å². The van der Waals surface area contributed by atoms with Gasteiger partial charge < -0.3 is 20.9 Å². The standard InChI is InChI=1S/C27H29N7O.C3H8/c1-4-29-26(35)22-8-6-5-7-9-24(22)31-25-19(3)16-30-27(33-25)32-23-11-10-21(14-20(23)15-28)34-13-12-18(2)17-34;1-3-2/h6,8,10-11,14,16,18H,4-5,12-13,17H2,1-3H3,(H,29,35)(H2,30,31,32,33);3H2,1-2H3. The fraction of sp³-hybridized carbons (Fsp3) is 0.400. The molecule has 1 amide bonds. The number of carbonyl (C=O) groups is 1. The number of amides is 1. The molecule has 198 valence electrons. The zero-order chi connectivity index (χ0) is 27.5. The molecule has 1 unspecified atom stereocenters. The molecule has 1 saturated heterocycles. The Morgan fingerprint density at radius 2 is 2.05 bits per heavy atom. The highest BCUT2D eigenvalue weighted by molar-refractivity contribution is 5.98. The van der Waals surface area contributed by atoms with Gasteiger partial charge in [-0.3, -0.25) is 4.79 Å². The van der Waals surface area contributed by atoms with Crippen LogP contribution in [0.15, 0.2) is 47.8 Å². The number of nitrogens with one attached hydrogen (secondary N) is 3. The minimum absolute atomic E-state index is 0.196. The molecule has 1 aliphatic heterocycles. The lowest BCUT2D eigenvalue weighted by Gasteiger charge is -2.19. The first-order valence-electron chi connectivity index (χ1n) is 13.2. The van der Waals surface area contributed by atoms with E-state index in [-0.39, 0.29) is 5.91 Å². The van der Waals surface area contributed by atoms with Crippen LogP contribution in [0.5, 0.6) is 0 Å². The molecular weight excluding hydrogens is 474 g/mol. The molecule has 0 bridgehead atoms. The van der Waals surface area contributed by atoms with Gasteiger partial charge in [0.2, 0.25) is 5.95 Å². The molecule has 0 saturated carbocycles. The molecule has 8 heteroatoms. The Morgan fingerprint density at radius 3 is 2.74 bits per heavy atom. The summed E-state index contributed by atoms with van der Waals surface area (Å²) in [4.78, 5) is 23.8. The van der Waals surface area contributed by atoms with Crippen molar-refractivity contribution >= 4 is 29.0 Å². The maximum atomic E-state index is 12.5. The molecule has 3 N–H and O–H groups in total. The van der Waals surface area contributed by atoms with Crippen LogP contribution in [0, 0.1) is 36.0 Å². The average Bonchev–Trinajstić information content (AvgIpc) is 3.20. The van der Waals surface area contributed by atoms with E-state index in [1.807, 2.05) is 38.1 Å². The number of hydrogen-bond donors (Lipinski definition) is 3. The van der Waals surface area contributed by atoms with E-state index < -0.39 is 0 Å². The fourth-order valence-electron chi connectivity index (χ4n) is 4.04. The van der Waals surface area contributed by atoms with Gasteiger partial charge in [-0.25, -0.2) is 4.98 Å². The fourth-order valence-corrected chi connectivity index (χ4v) is 4.04. The van der Waals surface area contributed by atoms with Gasteiger partial charge in [-0.2, -0.15) is 10.2 Å². The molecule has 1 aromatic carbocycles. The van der Waals surface area contributed by atoms with Crippen molar-refractivity contribution in [1.82, 2.24) is 15.3 Å². The quantitative estimate of drug-likeness (QED) is 0.426. The van der Waals surface area contributed by atoms with Crippen molar-refractivity contribution < 1.29 is 4.79 Å². The Hall–Kier alpha value is -4.30. The number of hydrogen-bond acceptors (Lipinski definition) is 7. The van der Waals surface area contributed by atoms with E-state index in [9.17, 15) is 10.1 Å².